The van der Waals surface area contributed by atoms with Crippen LogP contribution in [0.15, 0.2) is 16.6 Å². The summed E-state index contributed by atoms with van der Waals surface area (Å²) in [5.74, 6) is -2.00. The van der Waals surface area contributed by atoms with Crippen LogP contribution in [-0.2, 0) is 11.2 Å². The molecule has 1 N–H and O–H groups in total. The van der Waals surface area contributed by atoms with Crippen LogP contribution >= 0.6 is 15.9 Å². The summed E-state index contributed by atoms with van der Waals surface area (Å²) >= 11 is 3.21. The molecule has 116 valence electrons. The molecule has 21 heavy (non-hydrogen) atoms. The van der Waals surface area contributed by atoms with Gasteiger partial charge in [-0.25, -0.2) is 0 Å². The minimum absolute atomic E-state index is 0.00370. The Morgan fingerprint density at radius 3 is 2.57 bits per heavy atom. The van der Waals surface area contributed by atoms with E-state index < -0.39 is 18.1 Å². The Bertz CT molecular complexity index is 574. The number of hydrogen-bond acceptors (Lipinski definition) is 2. The number of carbonyl (C=O) groups excluding carboxylic acids is 1. The second-order valence-electron chi connectivity index (χ2n) is 5.41. The molecule has 1 amide bonds. The van der Waals surface area contributed by atoms with Crippen LogP contribution in [-0.4, -0.2) is 34.7 Å². The van der Waals surface area contributed by atoms with Gasteiger partial charge < -0.3 is 10.0 Å². The number of fused-ring (bicyclic) bond motifs is 1. The average Bonchev–Trinajstić information content (AvgIpc) is 2.47. The van der Waals surface area contributed by atoms with Gasteiger partial charge in [0.25, 0.3) is 0 Å². The lowest BCUT2D eigenvalue weighted by Gasteiger charge is -2.29. The number of aromatic hydroxyl groups is 1. The summed E-state index contributed by atoms with van der Waals surface area (Å²) < 4.78 is 38.6. The van der Waals surface area contributed by atoms with Gasteiger partial charge >= 0.3 is 12.1 Å². The molecule has 1 aliphatic heterocycles. The van der Waals surface area contributed by atoms with Crippen LogP contribution in [0.3, 0.4) is 0 Å². The van der Waals surface area contributed by atoms with Crippen LogP contribution < -0.4 is 0 Å². The Balaban J connectivity index is 2.39. The smallest absolute Gasteiger partial charge is 0.471 e. The zero-order valence-corrected chi connectivity index (χ0v) is 13.1. The van der Waals surface area contributed by atoms with Crippen molar-refractivity contribution in [1.82, 2.24) is 4.90 Å². The molecule has 1 aromatic carbocycles. The lowest BCUT2D eigenvalue weighted by atomic mass is 9.94. The van der Waals surface area contributed by atoms with Gasteiger partial charge in [-0.05, 0) is 58.5 Å². The van der Waals surface area contributed by atoms with Gasteiger partial charge in [-0.15, -0.1) is 0 Å². The van der Waals surface area contributed by atoms with Crippen molar-refractivity contribution in [2.75, 3.05) is 6.54 Å². The minimum atomic E-state index is -4.87. The van der Waals surface area contributed by atoms with Gasteiger partial charge in [0.05, 0.1) is 4.47 Å². The van der Waals surface area contributed by atoms with Crippen molar-refractivity contribution in [2.45, 2.75) is 38.4 Å². The van der Waals surface area contributed by atoms with Crippen LogP contribution in [0.5, 0.6) is 5.75 Å². The maximum absolute atomic E-state index is 12.7. The number of benzene rings is 1. The summed E-state index contributed by atoms with van der Waals surface area (Å²) in [6.45, 7) is 3.37. The van der Waals surface area contributed by atoms with E-state index in [1.54, 1.807) is 26.0 Å². The molecule has 0 saturated heterocycles. The number of phenols is 1. The van der Waals surface area contributed by atoms with E-state index in [1.165, 1.54) is 0 Å². The molecule has 0 aromatic heterocycles. The van der Waals surface area contributed by atoms with E-state index in [4.69, 9.17) is 0 Å². The number of alkyl halides is 3. The van der Waals surface area contributed by atoms with Crippen LogP contribution in [0.2, 0.25) is 0 Å². The quantitative estimate of drug-likeness (QED) is 0.763. The molecule has 0 bridgehead atoms. The van der Waals surface area contributed by atoms with E-state index in [2.05, 4.69) is 15.9 Å². The molecule has 0 radical (unpaired) electrons. The molecule has 0 spiro atoms. The Morgan fingerprint density at radius 1 is 1.38 bits per heavy atom. The van der Waals surface area contributed by atoms with Crippen LogP contribution in [0, 0.1) is 0 Å². The van der Waals surface area contributed by atoms with E-state index >= 15 is 0 Å². The van der Waals surface area contributed by atoms with Gasteiger partial charge in [-0.1, -0.05) is 6.92 Å². The summed E-state index contributed by atoms with van der Waals surface area (Å²) in [4.78, 5) is 12.4. The Morgan fingerprint density at radius 2 is 2.00 bits per heavy atom. The zero-order valence-electron chi connectivity index (χ0n) is 11.5. The maximum Gasteiger partial charge on any atom is 0.471 e. The summed E-state index contributed by atoms with van der Waals surface area (Å²) in [5.41, 5.74) is 1.62. The molecule has 1 aliphatic rings. The number of amides is 1. The van der Waals surface area contributed by atoms with Crippen LogP contribution in [0.25, 0.3) is 0 Å². The molecule has 3 nitrogen and oxygen atoms in total. The molecular weight excluding hydrogens is 351 g/mol. The minimum Gasteiger partial charge on any atom is -0.507 e. The predicted molar refractivity (Wildman–Crippen MR) is 75.2 cm³/mol. The van der Waals surface area contributed by atoms with Crippen LogP contribution in [0.4, 0.5) is 13.2 Å². The van der Waals surface area contributed by atoms with E-state index in [0.29, 0.717) is 4.47 Å². The number of nitrogens with zero attached hydrogens (tertiary/aromatic N) is 1. The lowest BCUT2D eigenvalue weighted by molar-refractivity contribution is -0.187. The van der Waals surface area contributed by atoms with Crippen molar-refractivity contribution in [3.05, 3.63) is 27.7 Å². The molecule has 0 saturated carbocycles. The summed E-state index contributed by atoms with van der Waals surface area (Å²) in [5, 5.41) is 9.74. The second-order valence-corrected chi connectivity index (χ2v) is 6.27. The number of hydrogen-bond donors (Lipinski definition) is 1. The van der Waals surface area contributed by atoms with Crippen molar-refractivity contribution in [1.29, 1.82) is 0 Å². The molecule has 2 rings (SSSR count). The SMILES string of the molecule is CC1CN(C(=O)C(F)(F)F)C(C)Cc2cc(O)c(Br)cc21. The maximum atomic E-state index is 12.7. The topological polar surface area (TPSA) is 40.5 Å². The highest BCUT2D eigenvalue weighted by Crippen LogP contribution is 2.36. The average molecular weight is 366 g/mol. The lowest BCUT2D eigenvalue weighted by Crippen LogP contribution is -2.47. The van der Waals surface area contributed by atoms with Crippen LogP contribution in [0.1, 0.15) is 30.9 Å². The monoisotopic (exact) mass is 365 g/mol. The molecule has 1 heterocycles. The molecule has 0 aliphatic carbocycles. The Hall–Kier alpha value is -1.24. The fourth-order valence-electron chi connectivity index (χ4n) is 2.70. The second kappa shape index (κ2) is 5.51. The first-order valence-electron chi connectivity index (χ1n) is 6.50. The van der Waals surface area contributed by atoms with E-state index in [-0.39, 0.29) is 24.6 Å². The first-order valence-corrected chi connectivity index (χ1v) is 7.29. The molecule has 0 fully saturated rings. The summed E-state index contributed by atoms with van der Waals surface area (Å²) in [6, 6.07) is 2.68. The fourth-order valence-corrected chi connectivity index (χ4v) is 3.06. The number of phenolic OH excluding ortho intramolecular Hbond substituents is 1. The van der Waals surface area contributed by atoms with Gasteiger partial charge in [-0.2, -0.15) is 13.2 Å². The standard InChI is InChI=1S/C14H15BrF3NO2/c1-7-6-19(13(21)14(16,17)18)8(2)3-9-4-12(20)11(15)5-10(7)9/h4-5,7-8,20H,3,6H2,1-2H3. The molecule has 1 aromatic rings. The van der Waals surface area contributed by atoms with Gasteiger partial charge in [0.15, 0.2) is 0 Å². The third kappa shape index (κ3) is 3.17. The van der Waals surface area contributed by atoms with Crippen molar-refractivity contribution in [2.24, 2.45) is 0 Å². The summed E-state index contributed by atoms with van der Waals surface area (Å²) in [7, 11) is 0. The highest BCUT2D eigenvalue weighted by molar-refractivity contribution is 9.10. The predicted octanol–water partition coefficient (Wildman–Crippen LogP) is 3.59. The molecular formula is C14H15BrF3NO2. The van der Waals surface area contributed by atoms with Crippen molar-refractivity contribution in [3.63, 3.8) is 0 Å². The van der Waals surface area contributed by atoms with E-state index in [1.807, 2.05) is 0 Å². The first-order chi connectivity index (χ1) is 9.61. The van der Waals surface area contributed by atoms with E-state index in [9.17, 15) is 23.1 Å². The van der Waals surface area contributed by atoms with Gasteiger partial charge in [0.2, 0.25) is 0 Å². The van der Waals surface area contributed by atoms with Crippen molar-refractivity contribution >= 4 is 21.8 Å². The van der Waals surface area contributed by atoms with Gasteiger partial charge in [0, 0.05) is 12.6 Å². The zero-order chi connectivity index (χ0) is 15.9. The van der Waals surface area contributed by atoms with E-state index in [0.717, 1.165) is 16.0 Å². The Labute approximate surface area is 128 Å². The highest BCUT2D eigenvalue weighted by atomic mass is 79.9. The number of halogens is 4. The van der Waals surface area contributed by atoms with Gasteiger partial charge in [-0.3, -0.25) is 4.79 Å². The fraction of sp³-hybridized carbons (Fsp3) is 0.500. The molecule has 2 unspecified atom stereocenters. The largest absolute Gasteiger partial charge is 0.507 e. The first kappa shape index (κ1) is 16.1. The number of rotatable bonds is 0. The third-order valence-corrected chi connectivity index (χ3v) is 4.40. The van der Waals surface area contributed by atoms with Crippen molar-refractivity contribution in [3.8, 4) is 5.75 Å². The highest BCUT2D eigenvalue weighted by Gasteiger charge is 2.45. The van der Waals surface area contributed by atoms with Crippen molar-refractivity contribution < 1.29 is 23.1 Å². The summed E-state index contributed by atoms with van der Waals surface area (Å²) in [6.07, 6.45) is -4.59. The molecule has 2 atom stereocenters. The Kier molecular flexibility index (Phi) is 4.24. The number of carbonyl (C=O) groups is 1. The molecule has 7 heteroatoms. The van der Waals surface area contributed by atoms with Gasteiger partial charge in [0.1, 0.15) is 5.75 Å². The normalized spacial score (nSPS) is 22.7. The third-order valence-electron chi connectivity index (χ3n) is 3.76.